The Morgan fingerprint density at radius 3 is 2.31 bits per heavy atom. The van der Waals surface area contributed by atoms with E-state index in [1.165, 1.54) is 19.2 Å². The third kappa shape index (κ3) is 2.77. The summed E-state index contributed by atoms with van der Waals surface area (Å²) in [5, 5.41) is 0. The summed E-state index contributed by atoms with van der Waals surface area (Å²) in [6.45, 7) is 0. The van der Waals surface area contributed by atoms with Crippen LogP contribution in [-0.2, 0) is 14.4 Å². The van der Waals surface area contributed by atoms with Crippen molar-refractivity contribution in [1.82, 2.24) is 5.48 Å². The minimum absolute atomic E-state index is 0.116. The Morgan fingerprint density at radius 1 is 1.31 bits per heavy atom. The largest absolute Gasteiger partial charge is 0.312 e. The molecule has 0 heterocycles. The fraction of sp³-hybridized carbons (Fsp3) is 0.143. The molecule has 0 bridgehead atoms. The predicted molar refractivity (Wildman–Crippen MR) is 51.5 cm³/mol. The Labute approximate surface area is 85.1 Å². The van der Waals surface area contributed by atoms with Gasteiger partial charge < -0.3 is 0 Å². The molecule has 0 saturated carbocycles. The lowest BCUT2D eigenvalue weighted by Gasteiger charge is -2.02. The quantitative estimate of drug-likeness (QED) is 0.837. The molecule has 0 amide bonds. The monoisotopic (exact) mass is 265 g/mol. The van der Waals surface area contributed by atoms with Crippen molar-refractivity contribution >= 4 is 26.0 Å². The smallest absolute Gasteiger partial charge is 0.192 e. The Kier molecular flexibility index (Phi) is 3.43. The summed E-state index contributed by atoms with van der Waals surface area (Å²) in [4.78, 5) is 0.116. The Hall–Kier alpha value is -0.430. The molecule has 1 aromatic rings. The molecule has 0 atom stereocenters. The molecular weight excluding hydrogens is 258 g/mol. The Bertz CT molecular complexity index is 373. The fourth-order valence-electron chi connectivity index (χ4n) is 0.759. The molecule has 72 valence electrons. The number of nitrogens with one attached hydrogen (secondary N) is 1. The van der Waals surface area contributed by atoms with Crippen LogP contribution in [0, 0.1) is 0 Å². The molecule has 1 N–H and O–H groups in total. The minimum Gasteiger partial charge on any atom is -0.192 e. The van der Waals surface area contributed by atoms with E-state index in [9.17, 15) is 8.42 Å². The molecule has 0 saturated heterocycles. The van der Waals surface area contributed by atoms with Crippen molar-refractivity contribution in [2.24, 2.45) is 0 Å². The van der Waals surface area contributed by atoms with Crippen molar-refractivity contribution in [2.45, 2.75) is 4.90 Å². The molecule has 4 nitrogen and oxygen atoms in total. The van der Waals surface area contributed by atoms with Crippen molar-refractivity contribution < 1.29 is 12.7 Å². The summed E-state index contributed by atoms with van der Waals surface area (Å²) in [5.74, 6) is 0. The highest BCUT2D eigenvalue weighted by Gasteiger charge is 2.13. The lowest BCUT2D eigenvalue weighted by molar-refractivity contribution is 0.231. The highest BCUT2D eigenvalue weighted by molar-refractivity contribution is 9.10. The molecule has 0 aliphatic rings. The number of hydrogen-bond donors (Lipinski definition) is 1. The van der Waals surface area contributed by atoms with Gasteiger partial charge in [0, 0.05) is 11.5 Å². The van der Waals surface area contributed by atoms with Crippen LogP contribution >= 0.6 is 15.9 Å². The van der Waals surface area contributed by atoms with Crippen LogP contribution < -0.4 is 5.48 Å². The van der Waals surface area contributed by atoms with Crippen molar-refractivity contribution in [1.29, 1.82) is 0 Å². The summed E-state index contributed by atoms with van der Waals surface area (Å²) in [6.07, 6.45) is 0. The molecular formula is C7H8BrNO3S. The number of halogens is 1. The number of rotatable bonds is 3. The van der Waals surface area contributed by atoms with Gasteiger partial charge in [0.25, 0.3) is 0 Å². The SMILES string of the molecule is CNOS(=O)(=O)c1ccc(Br)cc1. The van der Waals surface area contributed by atoms with Gasteiger partial charge in [-0.2, -0.15) is 18.2 Å². The standard InChI is InChI=1S/C7H8BrNO3S/c1-9-12-13(10,11)7-4-2-6(8)3-5-7/h2-5,9H,1H3. The maximum Gasteiger partial charge on any atom is 0.312 e. The lowest BCUT2D eigenvalue weighted by atomic mass is 10.4. The molecule has 0 aromatic heterocycles. The maximum atomic E-state index is 11.2. The van der Waals surface area contributed by atoms with E-state index in [1.54, 1.807) is 12.1 Å². The van der Waals surface area contributed by atoms with Gasteiger partial charge in [-0.3, -0.25) is 0 Å². The fourth-order valence-corrected chi connectivity index (χ4v) is 1.81. The predicted octanol–water partition coefficient (Wildman–Crippen LogP) is 1.29. The van der Waals surface area contributed by atoms with E-state index in [-0.39, 0.29) is 4.90 Å². The van der Waals surface area contributed by atoms with Gasteiger partial charge in [0.05, 0.1) is 4.90 Å². The molecule has 0 aliphatic carbocycles. The van der Waals surface area contributed by atoms with E-state index in [1.807, 2.05) is 0 Å². The topological polar surface area (TPSA) is 55.4 Å². The normalized spacial score (nSPS) is 11.5. The van der Waals surface area contributed by atoms with Crippen molar-refractivity contribution in [2.75, 3.05) is 7.05 Å². The summed E-state index contributed by atoms with van der Waals surface area (Å²) < 4.78 is 27.7. The summed E-state index contributed by atoms with van der Waals surface area (Å²) in [7, 11) is -2.27. The van der Waals surface area contributed by atoms with E-state index in [0.717, 1.165) is 4.47 Å². The third-order valence-electron chi connectivity index (χ3n) is 1.30. The van der Waals surface area contributed by atoms with E-state index in [2.05, 4.69) is 25.7 Å². The highest BCUT2D eigenvalue weighted by Crippen LogP contribution is 2.15. The highest BCUT2D eigenvalue weighted by atomic mass is 79.9. The van der Waals surface area contributed by atoms with Crippen LogP contribution in [-0.4, -0.2) is 15.5 Å². The Morgan fingerprint density at radius 2 is 1.85 bits per heavy atom. The second-order valence-electron chi connectivity index (χ2n) is 2.20. The number of hydroxylamine groups is 1. The van der Waals surface area contributed by atoms with Crippen LogP contribution in [0.2, 0.25) is 0 Å². The second-order valence-corrected chi connectivity index (χ2v) is 4.66. The zero-order valence-corrected chi connectivity index (χ0v) is 9.22. The molecule has 6 heteroatoms. The van der Waals surface area contributed by atoms with Gasteiger partial charge in [0.1, 0.15) is 0 Å². The molecule has 0 spiro atoms. The average Bonchev–Trinajstić information content (AvgIpc) is 2.05. The van der Waals surface area contributed by atoms with Crippen molar-refractivity contribution in [3.63, 3.8) is 0 Å². The molecule has 0 radical (unpaired) electrons. The van der Waals surface area contributed by atoms with E-state index in [0.29, 0.717) is 0 Å². The number of hydrogen-bond acceptors (Lipinski definition) is 4. The summed E-state index contributed by atoms with van der Waals surface area (Å²) >= 11 is 3.20. The average molecular weight is 266 g/mol. The molecule has 0 unspecified atom stereocenters. The first-order valence-corrected chi connectivity index (χ1v) is 5.62. The lowest BCUT2D eigenvalue weighted by Crippen LogP contribution is -2.15. The van der Waals surface area contributed by atoms with E-state index in [4.69, 9.17) is 0 Å². The second kappa shape index (κ2) is 4.19. The van der Waals surface area contributed by atoms with Gasteiger partial charge in [-0.15, -0.1) is 0 Å². The zero-order chi connectivity index (χ0) is 9.90. The molecule has 0 aliphatic heterocycles. The summed E-state index contributed by atoms with van der Waals surface area (Å²) in [5.41, 5.74) is 2.12. The minimum atomic E-state index is -3.66. The van der Waals surface area contributed by atoms with Gasteiger partial charge in [-0.25, -0.2) is 0 Å². The first-order chi connectivity index (χ1) is 6.06. The maximum absolute atomic E-state index is 11.2. The number of benzene rings is 1. The molecule has 0 fully saturated rings. The van der Waals surface area contributed by atoms with Gasteiger partial charge in [0.2, 0.25) is 0 Å². The first kappa shape index (κ1) is 10.6. The van der Waals surface area contributed by atoms with Gasteiger partial charge in [-0.1, -0.05) is 15.9 Å². The van der Waals surface area contributed by atoms with Crippen LogP contribution in [0.15, 0.2) is 33.6 Å². The van der Waals surface area contributed by atoms with Crippen LogP contribution in [0.3, 0.4) is 0 Å². The van der Waals surface area contributed by atoms with E-state index < -0.39 is 10.1 Å². The molecule has 1 rings (SSSR count). The van der Waals surface area contributed by atoms with Gasteiger partial charge in [-0.05, 0) is 24.3 Å². The molecule has 13 heavy (non-hydrogen) atoms. The van der Waals surface area contributed by atoms with Gasteiger partial charge >= 0.3 is 10.1 Å². The van der Waals surface area contributed by atoms with Crippen molar-refractivity contribution in [3.05, 3.63) is 28.7 Å². The first-order valence-electron chi connectivity index (χ1n) is 3.42. The van der Waals surface area contributed by atoms with Crippen LogP contribution in [0.1, 0.15) is 0 Å². The zero-order valence-electron chi connectivity index (χ0n) is 6.82. The van der Waals surface area contributed by atoms with Crippen LogP contribution in [0.25, 0.3) is 0 Å². The van der Waals surface area contributed by atoms with Gasteiger partial charge in [0.15, 0.2) is 0 Å². The van der Waals surface area contributed by atoms with Crippen molar-refractivity contribution in [3.8, 4) is 0 Å². The van der Waals surface area contributed by atoms with Crippen LogP contribution in [0.4, 0.5) is 0 Å². The summed E-state index contributed by atoms with van der Waals surface area (Å²) in [6, 6.07) is 6.17. The molecule has 1 aromatic carbocycles. The third-order valence-corrected chi connectivity index (χ3v) is 3.06. The Balaban J connectivity index is 3.02. The van der Waals surface area contributed by atoms with E-state index >= 15 is 0 Å². The van der Waals surface area contributed by atoms with Crippen LogP contribution in [0.5, 0.6) is 0 Å².